The molecule has 30 heavy (non-hydrogen) atoms. The van der Waals surface area contributed by atoms with Crippen molar-refractivity contribution in [1.29, 1.82) is 0 Å². The van der Waals surface area contributed by atoms with Gasteiger partial charge >= 0.3 is 0 Å². The lowest BCUT2D eigenvalue weighted by atomic mass is 10.2. The molecule has 0 N–H and O–H groups in total. The first-order valence-electron chi connectivity index (χ1n) is 10.3. The van der Waals surface area contributed by atoms with E-state index in [1.165, 1.54) is 24.3 Å². The van der Waals surface area contributed by atoms with Crippen LogP contribution in [0.2, 0.25) is 0 Å². The largest absolute Gasteiger partial charge is 0.486 e. The summed E-state index contributed by atoms with van der Waals surface area (Å²) < 4.78 is 24.1. The second-order valence-corrected chi connectivity index (χ2v) is 7.66. The average molecular weight is 415 g/mol. The van der Waals surface area contributed by atoms with Crippen molar-refractivity contribution in [2.45, 2.75) is 19.4 Å². The van der Waals surface area contributed by atoms with E-state index in [0.29, 0.717) is 44.2 Å². The minimum Gasteiger partial charge on any atom is -0.486 e. The number of benzene rings is 1. The first-order chi connectivity index (χ1) is 14.6. The summed E-state index contributed by atoms with van der Waals surface area (Å²) in [6.45, 7) is 4.78. The number of carbonyl (C=O) groups excluding carboxylic acids is 2. The van der Waals surface area contributed by atoms with E-state index in [4.69, 9.17) is 9.15 Å². The molecule has 0 aliphatic carbocycles. The number of nitrogens with zero attached hydrogens (tertiary/aromatic N) is 3. The molecule has 0 atom stereocenters. The summed E-state index contributed by atoms with van der Waals surface area (Å²) in [4.78, 5) is 30.8. The Bertz CT molecular complexity index is 869. The molecule has 2 aliphatic rings. The lowest BCUT2D eigenvalue weighted by molar-refractivity contribution is -0.131. The van der Waals surface area contributed by atoms with Gasteiger partial charge in [0.05, 0.1) is 6.54 Å². The van der Waals surface area contributed by atoms with E-state index in [0.717, 1.165) is 25.9 Å². The fourth-order valence-electron chi connectivity index (χ4n) is 3.78. The first kappa shape index (κ1) is 20.4. The molecule has 3 heterocycles. The van der Waals surface area contributed by atoms with E-state index in [2.05, 4.69) is 4.90 Å². The Morgan fingerprint density at radius 3 is 2.30 bits per heavy atom. The molecule has 0 saturated carbocycles. The summed E-state index contributed by atoms with van der Waals surface area (Å²) in [6, 6.07) is 9.09. The molecule has 0 unspecified atom stereocenters. The van der Waals surface area contributed by atoms with E-state index in [9.17, 15) is 14.0 Å². The maximum absolute atomic E-state index is 12.9. The van der Waals surface area contributed by atoms with E-state index in [-0.39, 0.29) is 30.0 Å². The highest BCUT2D eigenvalue weighted by molar-refractivity contribution is 5.91. The quantitative estimate of drug-likeness (QED) is 0.725. The van der Waals surface area contributed by atoms with Crippen LogP contribution in [0.15, 0.2) is 40.8 Å². The Hall–Kier alpha value is -2.87. The molecule has 0 spiro atoms. The fourth-order valence-corrected chi connectivity index (χ4v) is 3.78. The molecular formula is C22H26FN3O4. The zero-order valence-electron chi connectivity index (χ0n) is 16.9. The Labute approximate surface area is 175 Å². The Morgan fingerprint density at radius 1 is 0.900 bits per heavy atom. The highest BCUT2D eigenvalue weighted by atomic mass is 19.1. The summed E-state index contributed by atoms with van der Waals surface area (Å²) >= 11 is 0. The predicted octanol–water partition coefficient (Wildman–Crippen LogP) is 2.38. The van der Waals surface area contributed by atoms with Crippen molar-refractivity contribution in [3.63, 3.8) is 0 Å². The molecule has 2 fully saturated rings. The van der Waals surface area contributed by atoms with E-state index < -0.39 is 0 Å². The molecule has 2 amide bonds. The monoisotopic (exact) mass is 415 g/mol. The van der Waals surface area contributed by atoms with Crippen molar-refractivity contribution in [3.8, 4) is 5.75 Å². The zero-order valence-corrected chi connectivity index (χ0v) is 16.9. The van der Waals surface area contributed by atoms with Crippen LogP contribution in [0.5, 0.6) is 5.75 Å². The molecule has 160 valence electrons. The predicted molar refractivity (Wildman–Crippen MR) is 108 cm³/mol. The van der Waals surface area contributed by atoms with Crippen LogP contribution < -0.4 is 4.74 Å². The molecule has 1 aromatic carbocycles. The minimum absolute atomic E-state index is 0.158. The lowest BCUT2D eigenvalue weighted by Crippen LogP contribution is -2.51. The standard InChI is InChI=1S/C22H26FN3O4/c23-17-3-5-18(6-4-17)29-16-19-7-8-20(30-19)22(28)26-13-11-24(12-14-26)15-21(27)25-9-1-2-10-25/h3-8H,1-2,9-16H2. The van der Waals surface area contributed by atoms with Gasteiger partial charge in [-0.1, -0.05) is 0 Å². The van der Waals surface area contributed by atoms with Crippen molar-refractivity contribution in [1.82, 2.24) is 14.7 Å². The number of furan rings is 1. The van der Waals surface area contributed by atoms with Crippen LogP contribution in [0, 0.1) is 5.82 Å². The fraction of sp³-hybridized carbons (Fsp3) is 0.455. The normalized spacial score (nSPS) is 17.4. The van der Waals surface area contributed by atoms with Gasteiger partial charge in [0.15, 0.2) is 5.76 Å². The van der Waals surface area contributed by atoms with Crippen molar-refractivity contribution in [3.05, 3.63) is 53.7 Å². The summed E-state index contributed by atoms with van der Waals surface area (Å²) in [5, 5.41) is 0. The van der Waals surface area contributed by atoms with Crippen molar-refractivity contribution in [2.75, 3.05) is 45.8 Å². The number of halogens is 1. The highest BCUT2D eigenvalue weighted by Crippen LogP contribution is 2.17. The van der Waals surface area contributed by atoms with E-state index in [1.54, 1.807) is 17.0 Å². The zero-order chi connectivity index (χ0) is 20.9. The van der Waals surface area contributed by atoms with Crippen LogP contribution >= 0.6 is 0 Å². The molecular weight excluding hydrogens is 389 g/mol. The second kappa shape index (κ2) is 9.30. The number of piperazine rings is 1. The molecule has 0 bridgehead atoms. The lowest BCUT2D eigenvalue weighted by Gasteiger charge is -2.34. The Kier molecular flexibility index (Phi) is 6.32. The van der Waals surface area contributed by atoms with Crippen LogP contribution in [-0.4, -0.2) is 72.3 Å². The first-order valence-corrected chi connectivity index (χ1v) is 10.3. The number of rotatable bonds is 6. The van der Waals surface area contributed by atoms with Crippen molar-refractivity contribution >= 4 is 11.8 Å². The summed E-state index contributed by atoms with van der Waals surface area (Å²) in [7, 11) is 0. The van der Waals surface area contributed by atoms with Gasteiger partial charge in [-0.05, 0) is 49.2 Å². The summed E-state index contributed by atoms with van der Waals surface area (Å²) in [5.74, 6) is 1.03. The molecule has 1 aromatic heterocycles. The molecule has 2 aliphatic heterocycles. The van der Waals surface area contributed by atoms with Crippen LogP contribution in [-0.2, 0) is 11.4 Å². The number of amides is 2. The van der Waals surface area contributed by atoms with Gasteiger partial charge in [-0.15, -0.1) is 0 Å². The number of hydrogen-bond donors (Lipinski definition) is 0. The third-order valence-electron chi connectivity index (χ3n) is 5.54. The van der Waals surface area contributed by atoms with Crippen molar-refractivity contribution < 1.29 is 23.1 Å². The average Bonchev–Trinajstić information content (AvgIpc) is 3.46. The number of carbonyl (C=O) groups is 2. The van der Waals surface area contributed by atoms with Crippen molar-refractivity contribution in [2.24, 2.45) is 0 Å². The van der Waals surface area contributed by atoms with Gasteiger partial charge in [0, 0.05) is 39.3 Å². The SMILES string of the molecule is O=C(CN1CCN(C(=O)c2ccc(COc3ccc(F)cc3)o2)CC1)N1CCCC1. The molecule has 0 radical (unpaired) electrons. The molecule has 7 nitrogen and oxygen atoms in total. The van der Waals surface area contributed by atoms with Crippen LogP contribution in [0.1, 0.15) is 29.2 Å². The summed E-state index contributed by atoms with van der Waals surface area (Å²) in [6.07, 6.45) is 2.18. The molecule has 4 rings (SSSR count). The number of likely N-dealkylation sites (tertiary alicyclic amines) is 1. The van der Waals surface area contributed by atoms with E-state index >= 15 is 0 Å². The van der Waals surface area contributed by atoms with Crippen LogP contribution in [0.4, 0.5) is 4.39 Å². The Morgan fingerprint density at radius 2 is 1.60 bits per heavy atom. The van der Waals surface area contributed by atoms with Gasteiger partial charge in [0.25, 0.3) is 5.91 Å². The van der Waals surface area contributed by atoms with Gasteiger partial charge in [-0.2, -0.15) is 0 Å². The van der Waals surface area contributed by atoms with Gasteiger partial charge in [0.1, 0.15) is 23.9 Å². The van der Waals surface area contributed by atoms with Crippen LogP contribution in [0.25, 0.3) is 0 Å². The van der Waals surface area contributed by atoms with Gasteiger partial charge < -0.3 is 19.0 Å². The van der Waals surface area contributed by atoms with E-state index in [1.807, 2.05) is 4.90 Å². The topological polar surface area (TPSA) is 66.2 Å². The third-order valence-corrected chi connectivity index (χ3v) is 5.54. The third kappa shape index (κ3) is 4.99. The van der Waals surface area contributed by atoms with Crippen LogP contribution in [0.3, 0.4) is 0 Å². The maximum Gasteiger partial charge on any atom is 0.289 e. The number of hydrogen-bond acceptors (Lipinski definition) is 5. The second-order valence-electron chi connectivity index (χ2n) is 7.66. The van der Waals surface area contributed by atoms with Gasteiger partial charge in [-0.3, -0.25) is 14.5 Å². The summed E-state index contributed by atoms with van der Waals surface area (Å²) in [5.41, 5.74) is 0. The molecule has 2 aromatic rings. The van der Waals surface area contributed by atoms with Gasteiger partial charge in [-0.25, -0.2) is 4.39 Å². The highest BCUT2D eigenvalue weighted by Gasteiger charge is 2.27. The maximum atomic E-state index is 12.9. The number of ether oxygens (including phenoxy) is 1. The molecule has 2 saturated heterocycles. The molecule has 8 heteroatoms. The van der Waals surface area contributed by atoms with Gasteiger partial charge in [0.2, 0.25) is 5.91 Å². The minimum atomic E-state index is -0.325. The Balaban J connectivity index is 1.24. The smallest absolute Gasteiger partial charge is 0.289 e.